The second-order valence-corrected chi connectivity index (χ2v) is 8.21. The lowest BCUT2D eigenvalue weighted by atomic mass is 9.94. The zero-order chi connectivity index (χ0) is 15.7. The molecule has 120 valence electrons. The van der Waals surface area contributed by atoms with Crippen molar-refractivity contribution in [1.29, 1.82) is 0 Å². The summed E-state index contributed by atoms with van der Waals surface area (Å²) in [5.74, 6) is 1.07. The van der Waals surface area contributed by atoms with Gasteiger partial charge in [-0.3, -0.25) is 0 Å². The van der Waals surface area contributed by atoms with Crippen LogP contribution < -0.4 is 5.32 Å². The summed E-state index contributed by atoms with van der Waals surface area (Å²) in [7, 11) is -2.83. The zero-order valence-corrected chi connectivity index (χ0v) is 14.4. The van der Waals surface area contributed by atoms with E-state index in [1.807, 2.05) is 0 Å². The van der Waals surface area contributed by atoms with Crippen LogP contribution in [0, 0.1) is 12.8 Å². The molecule has 0 fully saturated rings. The van der Waals surface area contributed by atoms with Gasteiger partial charge in [-0.1, -0.05) is 43.7 Å². The van der Waals surface area contributed by atoms with Crippen LogP contribution in [0.5, 0.6) is 0 Å². The Labute approximate surface area is 130 Å². The van der Waals surface area contributed by atoms with Crippen molar-refractivity contribution in [3.05, 3.63) is 35.4 Å². The van der Waals surface area contributed by atoms with Gasteiger partial charge >= 0.3 is 0 Å². The van der Waals surface area contributed by atoms with Gasteiger partial charge < -0.3 is 5.32 Å². The highest BCUT2D eigenvalue weighted by Gasteiger charge is 2.12. The highest BCUT2D eigenvalue weighted by atomic mass is 32.2. The van der Waals surface area contributed by atoms with Crippen LogP contribution in [0.15, 0.2) is 24.3 Å². The highest BCUT2D eigenvalue weighted by molar-refractivity contribution is 7.91. The van der Waals surface area contributed by atoms with E-state index in [9.17, 15) is 8.42 Å². The molecule has 1 unspecified atom stereocenters. The number of hydrogen-bond donors (Lipinski definition) is 1. The maximum atomic E-state index is 11.6. The maximum absolute atomic E-state index is 11.6. The molecule has 1 atom stereocenters. The molecule has 21 heavy (non-hydrogen) atoms. The maximum Gasteiger partial charge on any atom is 0.150 e. The van der Waals surface area contributed by atoms with Gasteiger partial charge in [-0.05, 0) is 50.8 Å². The van der Waals surface area contributed by atoms with Crippen LogP contribution >= 0.6 is 0 Å². The molecule has 0 amide bonds. The number of hydrogen-bond acceptors (Lipinski definition) is 3. The van der Waals surface area contributed by atoms with E-state index in [1.54, 1.807) is 6.92 Å². The van der Waals surface area contributed by atoms with Crippen molar-refractivity contribution in [2.75, 3.05) is 24.6 Å². The first-order valence-electron chi connectivity index (χ1n) is 7.93. The molecule has 0 saturated heterocycles. The van der Waals surface area contributed by atoms with Crippen molar-refractivity contribution >= 4 is 9.84 Å². The third kappa shape index (κ3) is 7.63. The fraction of sp³-hybridized carbons (Fsp3) is 0.647. The van der Waals surface area contributed by atoms with Crippen LogP contribution in [0.4, 0.5) is 0 Å². The molecule has 1 N–H and O–H groups in total. The van der Waals surface area contributed by atoms with E-state index in [-0.39, 0.29) is 5.75 Å². The number of benzene rings is 1. The van der Waals surface area contributed by atoms with Crippen molar-refractivity contribution in [3.8, 4) is 0 Å². The molecule has 0 radical (unpaired) electrons. The third-order valence-corrected chi connectivity index (χ3v) is 5.63. The van der Waals surface area contributed by atoms with Gasteiger partial charge in [0, 0.05) is 5.75 Å². The lowest BCUT2D eigenvalue weighted by Crippen LogP contribution is -2.24. The molecule has 1 aromatic carbocycles. The van der Waals surface area contributed by atoms with Crippen molar-refractivity contribution < 1.29 is 8.42 Å². The summed E-state index contributed by atoms with van der Waals surface area (Å²) in [6.07, 6.45) is 2.73. The Kier molecular flexibility index (Phi) is 7.97. The van der Waals surface area contributed by atoms with Gasteiger partial charge in [0.15, 0.2) is 0 Å². The van der Waals surface area contributed by atoms with Crippen molar-refractivity contribution in [2.24, 2.45) is 5.92 Å². The SMILES string of the molecule is CCNCC(CCCS(=O)(=O)CC)Cc1ccc(C)cc1. The summed E-state index contributed by atoms with van der Waals surface area (Å²) in [5.41, 5.74) is 2.61. The van der Waals surface area contributed by atoms with E-state index in [4.69, 9.17) is 0 Å². The Morgan fingerprint density at radius 3 is 2.38 bits per heavy atom. The lowest BCUT2D eigenvalue weighted by molar-refractivity contribution is 0.444. The van der Waals surface area contributed by atoms with Crippen LogP contribution in [0.1, 0.15) is 37.8 Å². The molecule has 0 heterocycles. The molecule has 0 aliphatic rings. The van der Waals surface area contributed by atoms with Crippen molar-refractivity contribution in [3.63, 3.8) is 0 Å². The Balaban J connectivity index is 2.52. The molecule has 1 aromatic rings. The van der Waals surface area contributed by atoms with Crippen molar-refractivity contribution in [1.82, 2.24) is 5.32 Å². The fourth-order valence-electron chi connectivity index (χ4n) is 2.42. The van der Waals surface area contributed by atoms with E-state index < -0.39 is 9.84 Å². The van der Waals surface area contributed by atoms with Gasteiger partial charge in [0.05, 0.1) is 5.75 Å². The Bertz CT molecular complexity index is 494. The van der Waals surface area contributed by atoms with Crippen LogP contribution in [0.3, 0.4) is 0 Å². The van der Waals surface area contributed by atoms with Crippen LogP contribution in [0.25, 0.3) is 0 Å². The zero-order valence-electron chi connectivity index (χ0n) is 13.6. The number of sulfone groups is 1. The first-order valence-corrected chi connectivity index (χ1v) is 9.75. The molecule has 0 aliphatic carbocycles. The summed E-state index contributed by atoms with van der Waals surface area (Å²) >= 11 is 0. The van der Waals surface area contributed by atoms with Crippen molar-refractivity contribution in [2.45, 2.75) is 40.0 Å². The smallest absolute Gasteiger partial charge is 0.150 e. The van der Waals surface area contributed by atoms with Gasteiger partial charge in [-0.15, -0.1) is 0 Å². The first kappa shape index (κ1) is 18.2. The minimum absolute atomic E-state index is 0.253. The quantitative estimate of drug-likeness (QED) is 0.722. The predicted molar refractivity (Wildman–Crippen MR) is 90.5 cm³/mol. The Morgan fingerprint density at radius 2 is 1.81 bits per heavy atom. The minimum Gasteiger partial charge on any atom is -0.317 e. The largest absolute Gasteiger partial charge is 0.317 e. The molecule has 0 spiro atoms. The normalized spacial score (nSPS) is 13.3. The average Bonchev–Trinajstić information content (AvgIpc) is 2.46. The number of aryl methyl sites for hydroxylation is 1. The number of nitrogens with one attached hydrogen (secondary N) is 1. The lowest BCUT2D eigenvalue weighted by Gasteiger charge is -2.17. The van der Waals surface area contributed by atoms with Crippen LogP contribution in [-0.2, 0) is 16.3 Å². The van der Waals surface area contributed by atoms with Gasteiger partial charge in [-0.25, -0.2) is 8.42 Å². The summed E-state index contributed by atoms with van der Waals surface area (Å²) in [4.78, 5) is 0. The predicted octanol–water partition coefficient (Wildman–Crippen LogP) is 2.98. The van der Waals surface area contributed by atoms with E-state index in [0.29, 0.717) is 11.7 Å². The summed E-state index contributed by atoms with van der Waals surface area (Å²) < 4.78 is 23.2. The second-order valence-electron chi connectivity index (χ2n) is 5.74. The van der Waals surface area contributed by atoms with Gasteiger partial charge in [0.1, 0.15) is 9.84 Å². The first-order chi connectivity index (χ1) is 9.96. The number of rotatable bonds is 10. The highest BCUT2D eigenvalue weighted by Crippen LogP contribution is 2.15. The molecule has 3 nitrogen and oxygen atoms in total. The topological polar surface area (TPSA) is 46.2 Å². The summed E-state index contributed by atoms with van der Waals surface area (Å²) in [5, 5.41) is 3.39. The van der Waals surface area contributed by atoms with E-state index in [0.717, 1.165) is 32.4 Å². The molecular formula is C17H29NO2S. The summed E-state index contributed by atoms with van der Waals surface area (Å²) in [6.45, 7) is 7.83. The molecule has 1 rings (SSSR count). The van der Waals surface area contributed by atoms with Crippen LogP contribution in [0.2, 0.25) is 0 Å². The van der Waals surface area contributed by atoms with Gasteiger partial charge in [0.25, 0.3) is 0 Å². The molecule has 4 heteroatoms. The van der Waals surface area contributed by atoms with Gasteiger partial charge in [0.2, 0.25) is 0 Å². The Hall–Kier alpha value is -0.870. The molecule has 0 aromatic heterocycles. The van der Waals surface area contributed by atoms with Crippen LogP contribution in [-0.4, -0.2) is 33.0 Å². The summed E-state index contributed by atoms with van der Waals surface area (Å²) in [6, 6.07) is 8.64. The molecule has 0 bridgehead atoms. The monoisotopic (exact) mass is 311 g/mol. The fourth-order valence-corrected chi connectivity index (χ4v) is 3.31. The Morgan fingerprint density at radius 1 is 1.14 bits per heavy atom. The standard InChI is InChI=1S/C17H29NO2S/c1-4-18-14-17(7-6-12-21(19,20)5-2)13-16-10-8-15(3)9-11-16/h8-11,17-18H,4-7,12-14H2,1-3H3. The van der Waals surface area contributed by atoms with E-state index in [2.05, 4.69) is 43.4 Å². The van der Waals surface area contributed by atoms with E-state index in [1.165, 1.54) is 11.1 Å². The molecule has 0 aliphatic heterocycles. The molecule has 0 saturated carbocycles. The minimum atomic E-state index is -2.83. The second kappa shape index (κ2) is 9.21. The molecular weight excluding hydrogens is 282 g/mol. The van der Waals surface area contributed by atoms with Gasteiger partial charge in [-0.2, -0.15) is 0 Å². The average molecular weight is 311 g/mol. The third-order valence-electron chi connectivity index (χ3n) is 3.84. The van der Waals surface area contributed by atoms with E-state index >= 15 is 0 Å².